The molecular formula is C31H31N3O3S. The molecule has 0 spiro atoms. The number of pyridine rings is 1. The molecule has 0 bridgehead atoms. The number of thioether (sulfide) groups is 1. The van der Waals surface area contributed by atoms with Crippen molar-refractivity contribution in [1.29, 1.82) is 0 Å². The molecular weight excluding hydrogens is 494 g/mol. The second-order valence-electron chi connectivity index (χ2n) is 8.98. The van der Waals surface area contributed by atoms with Crippen molar-refractivity contribution in [1.82, 2.24) is 10.3 Å². The Morgan fingerprint density at radius 3 is 2.29 bits per heavy atom. The largest absolute Gasteiger partial charge is 0.480 e. The van der Waals surface area contributed by atoms with Gasteiger partial charge in [0.15, 0.2) is 0 Å². The van der Waals surface area contributed by atoms with Crippen LogP contribution in [0.3, 0.4) is 0 Å². The van der Waals surface area contributed by atoms with Gasteiger partial charge in [-0.15, -0.1) is 0 Å². The summed E-state index contributed by atoms with van der Waals surface area (Å²) in [6.45, 7) is 2.61. The van der Waals surface area contributed by atoms with Gasteiger partial charge in [0.05, 0.1) is 5.69 Å². The Balaban J connectivity index is 1.77. The normalized spacial score (nSPS) is 11.5. The van der Waals surface area contributed by atoms with Crippen molar-refractivity contribution in [2.24, 2.45) is 0 Å². The van der Waals surface area contributed by atoms with E-state index < -0.39 is 17.9 Å². The smallest absolute Gasteiger partial charge is 0.326 e. The number of rotatable bonds is 11. The quantitative estimate of drug-likeness (QED) is 0.214. The lowest BCUT2D eigenvalue weighted by Crippen LogP contribution is -2.41. The van der Waals surface area contributed by atoms with Gasteiger partial charge >= 0.3 is 5.97 Å². The predicted molar refractivity (Wildman–Crippen MR) is 156 cm³/mol. The number of nitrogens with one attached hydrogen (secondary N) is 2. The molecule has 194 valence electrons. The first-order valence-electron chi connectivity index (χ1n) is 12.4. The fourth-order valence-electron chi connectivity index (χ4n) is 4.35. The first-order chi connectivity index (χ1) is 18.5. The number of amides is 1. The summed E-state index contributed by atoms with van der Waals surface area (Å²) in [5.41, 5.74) is 7.19. The van der Waals surface area contributed by atoms with Crippen molar-refractivity contribution >= 4 is 29.3 Å². The number of hydrogen-bond donors (Lipinski definition) is 3. The van der Waals surface area contributed by atoms with E-state index in [-0.39, 0.29) is 0 Å². The summed E-state index contributed by atoms with van der Waals surface area (Å²) in [6, 6.07) is 24.7. The van der Waals surface area contributed by atoms with Crippen LogP contribution in [0.1, 0.15) is 27.9 Å². The molecule has 1 aromatic heterocycles. The molecule has 0 fully saturated rings. The lowest BCUT2D eigenvalue weighted by molar-refractivity contribution is -0.139. The standard InChI is InChI=1S/C31H31N3O3S/c1-21-8-3-4-10-24(21)25-11-5-6-12-26(25)28-18-22(19-33-23-9-7-16-32-20-23)13-14-27(28)30(35)34-29(31(36)37)15-17-38-2/h3-14,16,18,20,29,33H,15,17,19H2,1-2H3,(H,34,35)(H,36,37). The van der Waals surface area contributed by atoms with Crippen LogP contribution in [-0.4, -0.2) is 40.0 Å². The number of carbonyl (C=O) groups is 2. The van der Waals surface area contributed by atoms with E-state index in [1.54, 1.807) is 30.2 Å². The molecule has 3 aromatic carbocycles. The summed E-state index contributed by atoms with van der Waals surface area (Å²) >= 11 is 1.55. The van der Waals surface area contributed by atoms with Gasteiger partial charge in [-0.3, -0.25) is 9.78 Å². The van der Waals surface area contributed by atoms with E-state index in [0.29, 0.717) is 24.3 Å². The highest BCUT2D eigenvalue weighted by molar-refractivity contribution is 7.98. The molecule has 0 aliphatic carbocycles. The van der Waals surface area contributed by atoms with Crippen molar-refractivity contribution in [3.63, 3.8) is 0 Å². The zero-order valence-electron chi connectivity index (χ0n) is 21.5. The average Bonchev–Trinajstić information content (AvgIpc) is 2.94. The van der Waals surface area contributed by atoms with Gasteiger partial charge in [-0.05, 0) is 83.0 Å². The van der Waals surface area contributed by atoms with Crippen molar-refractivity contribution < 1.29 is 14.7 Å². The molecule has 4 aromatic rings. The van der Waals surface area contributed by atoms with Gasteiger partial charge < -0.3 is 15.7 Å². The molecule has 7 heteroatoms. The maximum atomic E-state index is 13.5. The number of carbonyl (C=O) groups excluding carboxylic acids is 1. The van der Waals surface area contributed by atoms with E-state index in [1.807, 2.05) is 60.9 Å². The fraction of sp³-hybridized carbons (Fsp3) is 0.194. The lowest BCUT2D eigenvalue weighted by Gasteiger charge is -2.19. The maximum absolute atomic E-state index is 13.5. The van der Waals surface area contributed by atoms with Gasteiger partial charge in [0.25, 0.3) is 5.91 Å². The molecule has 3 N–H and O–H groups in total. The Labute approximate surface area is 227 Å². The van der Waals surface area contributed by atoms with E-state index in [4.69, 9.17) is 0 Å². The van der Waals surface area contributed by atoms with E-state index in [1.165, 1.54) is 0 Å². The molecule has 1 amide bonds. The third-order valence-electron chi connectivity index (χ3n) is 6.35. The first-order valence-corrected chi connectivity index (χ1v) is 13.8. The number of aryl methyl sites for hydroxylation is 1. The summed E-state index contributed by atoms with van der Waals surface area (Å²) in [6.07, 6.45) is 5.75. The lowest BCUT2D eigenvalue weighted by atomic mass is 9.89. The summed E-state index contributed by atoms with van der Waals surface area (Å²) < 4.78 is 0. The highest BCUT2D eigenvalue weighted by Crippen LogP contribution is 2.36. The fourth-order valence-corrected chi connectivity index (χ4v) is 4.82. The van der Waals surface area contributed by atoms with E-state index in [2.05, 4.69) is 40.7 Å². The van der Waals surface area contributed by atoms with Crippen molar-refractivity contribution in [3.8, 4) is 22.3 Å². The summed E-state index contributed by atoms with van der Waals surface area (Å²) in [5.74, 6) is -0.800. The Bertz CT molecular complexity index is 1410. The minimum absolute atomic E-state index is 0.352. The molecule has 1 unspecified atom stereocenters. The number of anilines is 1. The molecule has 4 rings (SSSR count). The number of carboxylic acids is 1. The van der Waals surface area contributed by atoms with Crippen LogP contribution in [0.4, 0.5) is 5.69 Å². The molecule has 1 heterocycles. The third-order valence-corrected chi connectivity index (χ3v) is 7.00. The zero-order chi connectivity index (χ0) is 26.9. The zero-order valence-corrected chi connectivity index (χ0v) is 22.3. The van der Waals surface area contributed by atoms with Gasteiger partial charge in [-0.1, -0.05) is 54.6 Å². The minimum Gasteiger partial charge on any atom is -0.480 e. The topological polar surface area (TPSA) is 91.3 Å². The van der Waals surface area contributed by atoms with Crippen LogP contribution in [0.2, 0.25) is 0 Å². The number of hydrogen-bond acceptors (Lipinski definition) is 5. The highest BCUT2D eigenvalue weighted by atomic mass is 32.2. The van der Waals surface area contributed by atoms with Gasteiger partial charge in [0.2, 0.25) is 0 Å². The summed E-state index contributed by atoms with van der Waals surface area (Å²) in [4.78, 5) is 29.5. The third kappa shape index (κ3) is 6.61. The summed E-state index contributed by atoms with van der Waals surface area (Å²) in [7, 11) is 0. The Kier molecular flexibility index (Phi) is 9.16. The monoisotopic (exact) mass is 525 g/mol. The molecule has 38 heavy (non-hydrogen) atoms. The maximum Gasteiger partial charge on any atom is 0.326 e. The van der Waals surface area contributed by atoms with Crippen LogP contribution in [-0.2, 0) is 11.3 Å². The van der Waals surface area contributed by atoms with Crippen LogP contribution in [0, 0.1) is 6.92 Å². The highest BCUT2D eigenvalue weighted by Gasteiger charge is 2.23. The SMILES string of the molecule is CSCCC(NC(=O)c1ccc(CNc2cccnc2)cc1-c1ccccc1-c1ccccc1C)C(=O)O. The molecule has 1 atom stereocenters. The van der Waals surface area contributed by atoms with Crippen LogP contribution in [0.25, 0.3) is 22.3 Å². The Morgan fingerprint density at radius 1 is 0.921 bits per heavy atom. The van der Waals surface area contributed by atoms with Crippen LogP contribution in [0.5, 0.6) is 0 Å². The molecule has 0 aliphatic heterocycles. The van der Waals surface area contributed by atoms with Gasteiger partial charge in [-0.25, -0.2) is 4.79 Å². The Hall–Kier alpha value is -4.10. The van der Waals surface area contributed by atoms with Crippen LogP contribution < -0.4 is 10.6 Å². The second kappa shape index (κ2) is 12.9. The number of aliphatic carboxylic acids is 1. The second-order valence-corrected chi connectivity index (χ2v) is 9.97. The van der Waals surface area contributed by atoms with E-state index in [9.17, 15) is 14.7 Å². The van der Waals surface area contributed by atoms with Gasteiger partial charge in [0, 0.05) is 24.5 Å². The predicted octanol–water partition coefficient (Wildman–Crippen LogP) is 6.27. The first kappa shape index (κ1) is 26.9. The van der Waals surface area contributed by atoms with Gasteiger partial charge in [0.1, 0.15) is 6.04 Å². The van der Waals surface area contributed by atoms with Crippen molar-refractivity contribution in [2.45, 2.75) is 25.9 Å². The number of aromatic nitrogens is 1. The summed E-state index contributed by atoms with van der Waals surface area (Å²) in [5, 5.41) is 15.8. The number of nitrogens with zero attached hydrogens (tertiary/aromatic N) is 1. The average molecular weight is 526 g/mol. The van der Waals surface area contributed by atoms with Crippen molar-refractivity contribution in [2.75, 3.05) is 17.3 Å². The molecule has 6 nitrogen and oxygen atoms in total. The number of benzene rings is 3. The number of carboxylic acid groups (broad SMARTS) is 1. The Morgan fingerprint density at radius 2 is 1.63 bits per heavy atom. The molecule has 0 radical (unpaired) electrons. The van der Waals surface area contributed by atoms with Crippen LogP contribution in [0.15, 0.2) is 91.3 Å². The molecule has 0 saturated heterocycles. The van der Waals surface area contributed by atoms with E-state index in [0.717, 1.165) is 39.1 Å². The van der Waals surface area contributed by atoms with Gasteiger partial charge in [-0.2, -0.15) is 11.8 Å². The van der Waals surface area contributed by atoms with Crippen LogP contribution >= 0.6 is 11.8 Å². The molecule has 0 saturated carbocycles. The molecule has 0 aliphatic rings. The minimum atomic E-state index is -1.04. The van der Waals surface area contributed by atoms with Crippen molar-refractivity contribution in [3.05, 3.63) is 108 Å². The van der Waals surface area contributed by atoms with E-state index >= 15 is 0 Å².